The summed E-state index contributed by atoms with van der Waals surface area (Å²) < 4.78 is 36.6. The molecule has 2 rings (SSSR count). The van der Waals surface area contributed by atoms with Gasteiger partial charge < -0.3 is 9.21 Å². The molecule has 0 radical (unpaired) electrons. The molecule has 4 nitrogen and oxygen atoms in total. The fraction of sp³-hybridized carbons (Fsp3) is 0.524. The Labute approximate surface area is 166 Å². The molecule has 0 N–H and O–H groups in total. The van der Waals surface area contributed by atoms with Crippen LogP contribution in [0.3, 0.4) is 0 Å². The molecule has 0 saturated carbocycles. The van der Waals surface area contributed by atoms with Gasteiger partial charge >= 0.3 is 13.4 Å². The number of likely N-dealkylation sites (N-methyl/N-ethyl adjacent to an activating group) is 1. The Hall–Kier alpha value is -2.18. The van der Waals surface area contributed by atoms with Crippen LogP contribution in [0.15, 0.2) is 16.8 Å². The van der Waals surface area contributed by atoms with Gasteiger partial charge in [-0.15, -0.1) is 0 Å². The third-order valence-electron chi connectivity index (χ3n) is 5.82. The molecule has 28 heavy (non-hydrogen) atoms. The van der Waals surface area contributed by atoms with E-state index in [-0.39, 0.29) is 6.61 Å². The van der Waals surface area contributed by atoms with Crippen molar-refractivity contribution in [1.82, 2.24) is 4.48 Å². The molecule has 0 aliphatic carbocycles. The summed E-state index contributed by atoms with van der Waals surface area (Å²) in [6.45, 7) is 13.0. The highest BCUT2D eigenvalue weighted by Gasteiger charge is 2.36. The van der Waals surface area contributed by atoms with Crippen LogP contribution in [0.4, 0.5) is 8.63 Å². The van der Waals surface area contributed by atoms with Crippen LogP contribution < -0.4 is 0 Å². The van der Waals surface area contributed by atoms with Gasteiger partial charge in [0.05, 0.1) is 5.57 Å². The van der Waals surface area contributed by atoms with Crippen molar-refractivity contribution in [2.24, 2.45) is 0 Å². The average Bonchev–Trinajstić information content (AvgIpc) is 2.99. The highest BCUT2D eigenvalue weighted by atomic mass is 19.2. The van der Waals surface area contributed by atoms with E-state index in [1.807, 2.05) is 39.3 Å². The number of halogens is 2. The molecule has 1 aromatic rings. The molecule has 0 amide bonds. The van der Waals surface area contributed by atoms with Crippen molar-refractivity contribution in [2.45, 2.75) is 61.3 Å². The SMILES string of the molecule is CCC1=C(C)/C(=C(\COC(C)=O)c2c(C)c(CC)c(C)n2B(F)F)[N+](C)=C1C. The van der Waals surface area contributed by atoms with Crippen LogP contribution in [0.1, 0.15) is 63.6 Å². The molecular weight excluding hydrogens is 361 g/mol. The first-order valence-electron chi connectivity index (χ1n) is 9.71. The van der Waals surface area contributed by atoms with E-state index in [9.17, 15) is 13.4 Å². The standard InChI is InChI=1S/C21H30BF2N2O2/c1-9-17-12(3)20(25(8)14(17)5)19(11-28-16(7)27)21-13(4)18(10-2)15(6)26(21)22(23)24/h9-11H2,1-8H3/q+1. The maximum atomic E-state index is 14.1. The van der Waals surface area contributed by atoms with Crippen LogP contribution >= 0.6 is 0 Å². The highest BCUT2D eigenvalue weighted by molar-refractivity contribution is 6.41. The second-order valence-corrected chi connectivity index (χ2v) is 7.25. The number of hydrogen-bond donors (Lipinski definition) is 0. The Morgan fingerprint density at radius 1 is 1.14 bits per heavy atom. The zero-order valence-electron chi connectivity index (χ0n) is 18.2. The van der Waals surface area contributed by atoms with Crippen molar-refractivity contribution in [1.29, 1.82) is 0 Å². The minimum absolute atomic E-state index is 0.0449. The van der Waals surface area contributed by atoms with E-state index < -0.39 is 13.4 Å². The lowest BCUT2D eigenvalue weighted by Crippen LogP contribution is -2.21. The quantitative estimate of drug-likeness (QED) is 0.405. The van der Waals surface area contributed by atoms with Crippen molar-refractivity contribution >= 4 is 24.7 Å². The minimum atomic E-state index is -2.67. The molecule has 7 heteroatoms. The third kappa shape index (κ3) is 3.59. The minimum Gasteiger partial charge on any atom is -0.461 e. The predicted octanol–water partition coefficient (Wildman–Crippen LogP) is 4.56. The largest absolute Gasteiger partial charge is 0.677 e. The van der Waals surface area contributed by atoms with Gasteiger partial charge in [0.25, 0.3) is 0 Å². The average molecular weight is 391 g/mol. The second-order valence-electron chi connectivity index (χ2n) is 7.25. The Morgan fingerprint density at radius 3 is 2.18 bits per heavy atom. The van der Waals surface area contributed by atoms with Gasteiger partial charge in [0.2, 0.25) is 5.70 Å². The zero-order valence-corrected chi connectivity index (χ0v) is 18.2. The van der Waals surface area contributed by atoms with Gasteiger partial charge in [0.1, 0.15) is 13.7 Å². The van der Waals surface area contributed by atoms with Crippen molar-refractivity contribution in [3.05, 3.63) is 39.4 Å². The molecule has 0 unspecified atom stereocenters. The number of nitrogens with zero attached hydrogens (tertiary/aromatic N) is 2. The van der Waals surface area contributed by atoms with Gasteiger partial charge in [-0.3, -0.25) is 13.4 Å². The van der Waals surface area contributed by atoms with Gasteiger partial charge in [-0.25, -0.2) is 0 Å². The summed E-state index contributed by atoms with van der Waals surface area (Å²) in [4.78, 5) is 11.5. The smallest absolute Gasteiger partial charge is 0.461 e. The molecular formula is C21H30BF2N2O2+. The highest BCUT2D eigenvalue weighted by Crippen LogP contribution is 2.36. The molecule has 0 atom stereocenters. The van der Waals surface area contributed by atoms with Crippen LogP contribution in [-0.2, 0) is 16.0 Å². The third-order valence-corrected chi connectivity index (χ3v) is 5.82. The summed E-state index contributed by atoms with van der Waals surface area (Å²) in [6.07, 6.45) is 1.51. The molecule has 152 valence electrons. The number of esters is 1. The van der Waals surface area contributed by atoms with E-state index >= 15 is 0 Å². The molecule has 0 bridgehead atoms. The van der Waals surface area contributed by atoms with E-state index in [1.54, 1.807) is 6.92 Å². The van der Waals surface area contributed by atoms with Crippen molar-refractivity contribution in [3.63, 3.8) is 0 Å². The van der Waals surface area contributed by atoms with Gasteiger partial charge in [-0.1, -0.05) is 13.8 Å². The zero-order chi connectivity index (χ0) is 21.3. The van der Waals surface area contributed by atoms with E-state index in [4.69, 9.17) is 4.74 Å². The number of allylic oxidation sites excluding steroid dienone is 2. The van der Waals surface area contributed by atoms with E-state index in [2.05, 4.69) is 6.92 Å². The molecule has 1 aliphatic heterocycles. The topological polar surface area (TPSA) is 34.2 Å². The summed E-state index contributed by atoms with van der Waals surface area (Å²) in [7, 11) is -0.739. The monoisotopic (exact) mass is 391 g/mol. The number of rotatable bonds is 6. The predicted molar refractivity (Wildman–Crippen MR) is 110 cm³/mol. The number of aromatic nitrogens is 1. The van der Waals surface area contributed by atoms with Gasteiger partial charge in [-0.2, -0.15) is 4.58 Å². The fourth-order valence-corrected chi connectivity index (χ4v) is 4.45. The second kappa shape index (κ2) is 8.45. The van der Waals surface area contributed by atoms with E-state index in [0.717, 1.165) is 39.0 Å². The molecule has 0 spiro atoms. The Bertz CT molecular complexity index is 908. The van der Waals surface area contributed by atoms with Crippen LogP contribution in [-0.4, -0.2) is 41.8 Å². The van der Waals surface area contributed by atoms with E-state index in [1.165, 1.54) is 12.5 Å². The summed E-state index contributed by atoms with van der Waals surface area (Å²) in [5.74, 6) is -0.433. The lowest BCUT2D eigenvalue weighted by Gasteiger charge is -2.15. The molecule has 0 saturated heterocycles. The van der Waals surface area contributed by atoms with Crippen LogP contribution in [0, 0.1) is 13.8 Å². The molecule has 1 aromatic heterocycles. The number of carbonyl (C=O) groups excluding carboxylic acids is 1. The Morgan fingerprint density at radius 2 is 1.75 bits per heavy atom. The lowest BCUT2D eigenvalue weighted by molar-refractivity contribution is -0.435. The summed E-state index contributed by atoms with van der Waals surface area (Å²) >= 11 is 0. The summed E-state index contributed by atoms with van der Waals surface area (Å²) in [5, 5.41) is 0. The molecule has 0 fully saturated rings. The fourth-order valence-electron chi connectivity index (χ4n) is 4.45. The van der Waals surface area contributed by atoms with E-state index in [0.29, 0.717) is 23.4 Å². The Balaban J connectivity index is 2.93. The maximum Gasteiger partial charge on any atom is 0.677 e. The van der Waals surface area contributed by atoms with Gasteiger partial charge in [0.15, 0.2) is 5.71 Å². The molecule has 0 aromatic carbocycles. The van der Waals surface area contributed by atoms with Crippen LogP contribution in [0.2, 0.25) is 0 Å². The van der Waals surface area contributed by atoms with Crippen LogP contribution in [0.5, 0.6) is 0 Å². The van der Waals surface area contributed by atoms with Crippen molar-refractivity contribution in [3.8, 4) is 0 Å². The van der Waals surface area contributed by atoms with Gasteiger partial charge in [-0.05, 0) is 44.7 Å². The molecule has 2 heterocycles. The first-order valence-corrected chi connectivity index (χ1v) is 9.71. The molecule has 1 aliphatic rings. The number of hydrogen-bond acceptors (Lipinski definition) is 2. The van der Waals surface area contributed by atoms with Gasteiger partial charge in [0, 0.05) is 36.4 Å². The summed E-state index contributed by atoms with van der Waals surface area (Å²) in [5.41, 5.74) is 7.55. The van der Waals surface area contributed by atoms with Crippen molar-refractivity contribution < 1.29 is 22.7 Å². The summed E-state index contributed by atoms with van der Waals surface area (Å²) in [6, 6.07) is 0. The number of carbonyl (C=O) groups is 1. The first-order chi connectivity index (χ1) is 13.1. The maximum absolute atomic E-state index is 14.1. The Kier molecular flexibility index (Phi) is 6.68. The van der Waals surface area contributed by atoms with Crippen molar-refractivity contribution in [2.75, 3.05) is 13.7 Å². The van der Waals surface area contributed by atoms with Crippen LogP contribution in [0.25, 0.3) is 5.57 Å². The lowest BCUT2D eigenvalue weighted by atomic mass is 9.97. The normalized spacial score (nSPS) is 16.2. The first kappa shape index (κ1) is 22.1. The number of ether oxygens (including phenoxy) is 1.